The molecule has 0 radical (unpaired) electrons. The molecule has 0 spiro atoms. The third-order valence-corrected chi connectivity index (χ3v) is 8.45. The van der Waals surface area contributed by atoms with Gasteiger partial charge in [0.15, 0.2) is 5.16 Å². The number of thiophene rings is 1. The minimum absolute atomic E-state index is 0.0440. The number of benzene rings is 1. The van der Waals surface area contributed by atoms with Crippen LogP contribution in [-0.2, 0) is 24.7 Å². The third kappa shape index (κ3) is 4.18. The summed E-state index contributed by atoms with van der Waals surface area (Å²) in [6.45, 7) is 3.80. The lowest BCUT2D eigenvalue weighted by Crippen LogP contribution is -2.23. The zero-order chi connectivity index (χ0) is 23.8. The lowest BCUT2D eigenvalue weighted by atomic mass is 10.1. The molecule has 0 saturated heterocycles. The van der Waals surface area contributed by atoms with E-state index in [0.717, 1.165) is 58.7 Å². The maximum atomic E-state index is 13.8. The Morgan fingerprint density at radius 1 is 1.15 bits per heavy atom. The maximum absolute atomic E-state index is 13.8. The first kappa shape index (κ1) is 22.9. The first-order chi connectivity index (χ1) is 16.4. The second kappa shape index (κ2) is 9.38. The van der Waals surface area contributed by atoms with E-state index in [1.54, 1.807) is 20.6 Å². The molecule has 34 heavy (non-hydrogen) atoms. The summed E-state index contributed by atoms with van der Waals surface area (Å²) in [6, 6.07) is 9.57. The average molecular weight is 494 g/mol. The highest BCUT2D eigenvalue weighted by Gasteiger charge is 2.23. The van der Waals surface area contributed by atoms with Crippen molar-refractivity contribution in [3.8, 4) is 5.69 Å². The number of nitrogens with zero attached hydrogens (tertiary/aromatic N) is 4. The number of rotatable bonds is 5. The summed E-state index contributed by atoms with van der Waals surface area (Å²) in [5.74, 6) is -0.0102. The predicted molar refractivity (Wildman–Crippen MR) is 139 cm³/mol. The molecule has 7 nitrogen and oxygen atoms in total. The van der Waals surface area contributed by atoms with E-state index in [4.69, 9.17) is 4.98 Å². The molecule has 4 aromatic rings. The quantitative estimate of drug-likeness (QED) is 0.245. The van der Waals surface area contributed by atoms with Crippen molar-refractivity contribution in [2.75, 3.05) is 11.1 Å². The van der Waals surface area contributed by atoms with Gasteiger partial charge in [-0.3, -0.25) is 18.8 Å². The van der Waals surface area contributed by atoms with Gasteiger partial charge in [0, 0.05) is 11.9 Å². The Morgan fingerprint density at radius 2 is 1.91 bits per heavy atom. The van der Waals surface area contributed by atoms with Gasteiger partial charge < -0.3 is 5.32 Å². The van der Waals surface area contributed by atoms with Crippen molar-refractivity contribution in [3.63, 3.8) is 0 Å². The van der Waals surface area contributed by atoms with Crippen LogP contribution in [0.15, 0.2) is 40.3 Å². The van der Waals surface area contributed by atoms with Crippen LogP contribution in [0, 0.1) is 13.8 Å². The lowest BCUT2D eigenvalue weighted by molar-refractivity contribution is -0.113. The highest BCUT2D eigenvalue weighted by atomic mass is 32.2. The summed E-state index contributed by atoms with van der Waals surface area (Å²) >= 11 is 2.93. The summed E-state index contributed by atoms with van der Waals surface area (Å²) in [6.07, 6.45) is 5.40. The Bertz CT molecular complexity index is 1440. The number of hydrogen-bond acceptors (Lipinski definition) is 6. The van der Waals surface area contributed by atoms with Gasteiger partial charge in [0.2, 0.25) is 5.91 Å². The Kier molecular flexibility index (Phi) is 6.31. The summed E-state index contributed by atoms with van der Waals surface area (Å²) in [5, 5.41) is 8.62. The van der Waals surface area contributed by atoms with Crippen molar-refractivity contribution in [1.29, 1.82) is 0 Å². The summed E-state index contributed by atoms with van der Waals surface area (Å²) in [5.41, 5.74) is 4.31. The van der Waals surface area contributed by atoms with Gasteiger partial charge >= 0.3 is 0 Å². The SMILES string of the molecule is Cc1nn(C)c(C)c1NC(=O)CSc1nc2sc3c(c2c(=O)n1-c1ccccc1)CCCCC3. The van der Waals surface area contributed by atoms with Crippen molar-refractivity contribution in [2.24, 2.45) is 7.05 Å². The highest BCUT2D eigenvalue weighted by Crippen LogP contribution is 2.34. The second-order valence-electron chi connectivity index (χ2n) is 8.62. The average Bonchev–Trinajstić information content (AvgIpc) is 3.17. The van der Waals surface area contributed by atoms with Gasteiger partial charge in [0.1, 0.15) is 4.83 Å². The fourth-order valence-corrected chi connectivity index (χ4v) is 6.64. The number of para-hydroxylation sites is 1. The highest BCUT2D eigenvalue weighted by molar-refractivity contribution is 7.99. The normalized spacial score (nSPS) is 13.6. The minimum atomic E-state index is -0.153. The van der Waals surface area contributed by atoms with Gasteiger partial charge in [-0.15, -0.1) is 11.3 Å². The first-order valence-corrected chi connectivity index (χ1v) is 13.3. The molecular weight excluding hydrogens is 466 g/mol. The van der Waals surface area contributed by atoms with Crippen molar-refractivity contribution in [1.82, 2.24) is 19.3 Å². The van der Waals surface area contributed by atoms with Gasteiger partial charge in [0.05, 0.1) is 33.9 Å². The largest absolute Gasteiger partial charge is 0.322 e. The van der Waals surface area contributed by atoms with E-state index in [-0.39, 0.29) is 17.2 Å². The van der Waals surface area contributed by atoms with Gasteiger partial charge in [0.25, 0.3) is 5.56 Å². The molecule has 0 atom stereocenters. The molecule has 1 N–H and O–H groups in total. The number of amides is 1. The molecule has 1 aromatic carbocycles. The topological polar surface area (TPSA) is 81.8 Å². The number of thioether (sulfide) groups is 1. The van der Waals surface area contributed by atoms with Crippen molar-refractivity contribution < 1.29 is 4.79 Å². The monoisotopic (exact) mass is 493 g/mol. The van der Waals surface area contributed by atoms with Crippen LogP contribution >= 0.6 is 23.1 Å². The molecule has 0 saturated carbocycles. The van der Waals surface area contributed by atoms with Crippen molar-refractivity contribution in [3.05, 3.63) is 62.5 Å². The maximum Gasteiger partial charge on any atom is 0.267 e. The van der Waals surface area contributed by atoms with E-state index in [9.17, 15) is 9.59 Å². The van der Waals surface area contributed by atoms with E-state index >= 15 is 0 Å². The number of fused-ring (bicyclic) bond motifs is 3. The van der Waals surface area contributed by atoms with E-state index in [1.807, 2.05) is 51.2 Å². The fourth-order valence-electron chi connectivity index (χ4n) is 4.52. The molecule has 0 aliphatic heterocycles. The number of carbonyl (C=O) groups is 1. The van der Waals surface area contributed by atoms with Gasteiger partial charge in [-0.05, 0) is 57.2 Å². The fraction of sp³-hybridized carbons (Fsp3) is 0.360. The first-order valence-electron chi connectivity index (χ1n) is 11.5. The third-order valence-electron chi connectivity index (χ3n) is 6.33. The van der Waals surface area contributed by atoms with Gasteiger partial charge in [-0.1, -0.05) is 36.4 Å². The number of aryl methyl sites for hydroxylation is 4. The van der Waals surface area contributed by atoms with Gasteiger partial charge in [-0.25, -0.2) is 4.98 Å². The molecule has 1 aliphatic rings. The molecular formula is C25H27N5O2S2. The smallest absolute Gasteiger partial charge is 0.267 e. The van der Waals surface area contributed by atoms with Crippen LogP contribution in [0.25, 0.3) is 15.9 Å². The van der Waals surface area contributed by atoms with E-state index in [1.165, 1.54) is 28.6 Å². The number of nitrogens with one attached hydrogen (secondary N) is 1. The standard InChI is InChI=1S/C25H27N5O2S2/c1-15-22(16(2)29(3)28-15)26-20(31)14-33-25-27-23-21(18-12-8-5-9-13-19(18)34-23)24(32)30(25)17-10-6-4-7-11-17/h4,6-7,10-11H,5,8-9,12-14H2,1-3H3,(H,26,31). The Labute approximate surface area is 206 Å². The lowest BCUT2D eigenvalue weighted by Gasteiger charge is -2.13. The summed E-state index contributed by atoms with van der Waals surface area (Å²) < 4.78 is 3.42. The van der Waals surface area contributed by atoms with Crippen LogP contribution < -0.4 is 10.9 Å². The minimum Gasteiger partial charge on any atom is -0.322 e. The van der Waals surface area contributed by atoms with E-state index in [2.05, 4.69) is 10.4 Å². The van der Waals surface area contributed by atoms with Crippen molar-refractivity contribution >= 4 is 44.9 Å². The van der Waals surface area contributed by atoms with Crippen LogP contribution in [0.3, 0.4) is 0 Å². The molecule has 0 fully saturated rings. The molecule has 176 valence electrons. The van der Waals surface area contributed by atoms with E-state index in [0.29, 0.717) is 5.16 Å². The molecule has 1 amide bonds. The van der Waals surface area contributed by atoms with Gasteiger partial charge in [-0.2, -0.15) is 5.10 Å². The van der Waals surface area contributed by atoms with E-state index < -0.39 is 0 Å². The van der Waals surface area contributed by atoms with Crippen LogP contribution in [0.1, 0.15) is 41.1 Å². The molecule has 0 bridgehead atoms. The zero-order valence-corrected chi connectivity index (χ0v) is 21.2. The Hall–Kier alpha value is -2.91. The molecule has 9 heteroatoms. The summed E-state index contributed by atoms with van der Waals surface area (Å²) in [7, 11) is 1.85. The number of aromatic nitrogens is 4. The van der Waals surface area contributed by atoms with Crippen LogP contribution in [0.2, 0.25) is 0 Å². The Morgan fingerprint density at radius 3 is 2.65 bits per heavy atom. The molecule has 0 unspecified atom stereocenters. The number of anilines is 1. The second-order valence-corrected chi connectivity index (χ2v) is 10.6. The van der Waals surface area contributed by atoms with Crippen molar-refractivity contribution in [2.45, 2.75) is 51.1 Å². The van der Waals surface area contributed by atoms with Crippen LogP contribution in [-0.4, -0.2) is 31.0 Å². The predicted octanol–water partition coefficient (Wildman–Crippen LogP) is 4.80. The Balaban J connectivity index is 1.52. The van der Waals surface area contributed by atoms with Crippen LogP contribution in [0.4, 0.5) is 5.69 Å². The van der Waals surface area contributed by atoms with Crippen LogP contribution in [0.5, 0.6) is 0 Å². The summed E-state index contributed by atoms with van der Waals surface area (Å²) in [4.78, 5) is 33.6. The zero-order valence-electron chi connectivity index (χ0n) is 19.6. The molecule has 5 rings (SSSR count). The number of hydrogen-bond donors (Lipinski definition) is 1. The number of carbonyl (C=O) groups excluding carboxylic acids is 1. The molecule has 3 heterocycles. The molecule has 1 aliphatic carbocycles. The molecule has 3 aromatic heterocycles.